The van der Waals surface area contributed by atoms with E-state index in [4.69, 9.17) is 0 Å². The molecule has 0 aliphatic carbocycles. The van der Waals surface area contributed by atoms with Crippen LogP contribution in [-0.4, -0.2) is 9.78 Å². The molecule has 0 saturated carbocycles. The molecule has 62 valence electrons. The first-order valence-electron chi connectivity index (χ1n) is 4.47. The number of hydrogen-bond acceptors (Lipinski definition) is 1. The Morgan fingerprint density at radius 3 is 2.91 bits per heavy atom. The van der Waals surface area contributed by atoms with Crippen LogP contribution in [-0.2, 0) is 13.0 Å². The first-order valence-corrected chi connectivity index (χ1v) is 4.47. The van der Waals surface area contributed by atoms with Gasteiger partial charge in [0.25, 0.3) is 0 Å². The van der Waals surface area contributed by atoms with E-state index in [9.17, 15) is 0 Å². The number of aryl methyl sites for hydroxylation is 2. The molecular weight excluding hydrogens is 136 g/mol. The molecule has 0 atom stereocenters. The van der Waals surface area contributed by atoms with Crippen LogP contribution in [0.3, 0.4) is 0 Å². The second kappa shape index (κ2) is 4.16. The van der Waals surface area contributed by atoms with Crippen LogP contribution in [0.1, 0.15) is 32.4 Å². The van der Waals surface area contributed by atoms with Gasteiger partial charge in [-0.05, 0) is 25.3 Å². The van der Waals surface area contributed by atoms with Crippen LogP contribution in [0.4, 0.5) is 0 Å². The summed E-state index contributed by atoms with van der Waals surface area (Å²) >= 11 is 0. The fourth-order valence-electron chi connectivity index (χ4n) is 1.34. The standard InChI is InChI=1S/C7H10N2.C2H6/c1-2-6-9-7(3-1)4-5-8-9;1-2/h4-5H,1-3,6H2;1-2H3. The molecule has 2 rings (SSSR count). The van der Waals surface area contributed by atoms with Crippen LogP contribution >= 0.6 is 0 Å². The Hall–Kier alpha value is -0.790. The molecule has 1 aromatic rings. The predicted octanol–water partition coefficient (Wildman–Crippen LogP) is 2.25. The van der Waals surface area contributed by atoms with Gasteiger partial charge in [0.05, 0.1) is 0 Å². The number of hydrogen-bond donors (Lipinski definition) is 0. The Kier molecular flexibility index (Phi) is 3.14. The SMILES string of the molecule is CC.c1cc2n(n1)CCCC2. The lowest BCUT2D eigenvalue weighted by molar-refractivity contribution is 0.486. The smallest absolute Gasteiger partial charge is 0.0492 e. The van der Waals surface area contributed by atoms with Crippen molar-refractivity contribution >= 4 is 0 Å². The van der Waals surface area contributed by atoms with Crippen molar-refractivity contribution in [3.05, 3.63) is 18.0 Å². The molecule has 0 bridgehead atoms. The predicted molar refractivity (Wildman–Crippen MR) is 46.5 cm³/mol. The minimum atomic E-state index is 1.13. The summed E-state index contributed by atoms with van der Waals surface area (Å²) in [6, 6.07) is 2.11. The zero-order chi connectivity index (χ0) is 8.10. The second-order valence-corrected chi connectivity index (χ2v) is 2.50. The summed E-state index contributed by atoms with van der Waals surface area (Å²) < 4.78 is 2.10. The van der Waals surface area contributed by atoms with E-state index in [1.54, 1.807) is 0 Å². The van der Waals surface area contributed by atoms with E-state index < -0.39 is 0 Å². The number of aromatic nitrogens is 2. The van der Waals surface area contributed by atoms with Crippen molar-refractivity contribution in [3.8, 4) is 0 Å². The number of rotatable bonds is 0. The third-order valence-electron chi connectivity index (χ3n) is 1.86. The van der Waals surface area contributed by atoms with Gasteiger partial charge in [-0.1, -0.05) is 13.8 Å². The number of nitrogens with zero attached hydrogens (tertiary/aromatic N) is 2. The van der Waals surface area contributed by atoms with Gasteiger partial charge in [-0.25, -0.2) is 0 Å². The molecule has 0 spiro atoms. The van der Waals surface area contributed by atoms with Gasteiger partial charge < -0.3 is 0 Å². The Balaban J connectivity index is 0.000000281. The average Bonchev–Trinajstić information content (AvgIpc) is 2.55. The van der Waals surface area contributed by atoms with Gasteiger partial charge in [0.2, 0.25) is 0 Å². The van der Waals surface area contributed by atoms with Crippen LogP contribution in [0.25, 0.3) is 0 Å². The lowest BCUT2D eigenvalue weighted by Gasteiger charge is -2.11. The molecule has 1 aliphatic heterocycles. The maximum atomic E-state index is 4.17. The minimum Gasteiger partial charge on any atom is -0.270 e. The zero-order valence-electron chi connectivity index (χ0n) is 7.38. The van der Waals surface area contributed by atoms with Crippen molar-refractivity contribution in [2.45, 2.75) is 39.7 Å². The normalized spacial score (nSPS) is 14.7. The highest BCUT2D eigenvalue weighted by atomic mass is 15.3. The van der Waals surface area contributed by atoms with E-state index in [2.05, 4.69) is 15.8 Å². The van der Waals surface area contributed by atoms with Crippen molar-refractivity contribution in [3.63, 3.8) is 0 Å². The second-order valence-electron chi connectivity index (χ2n) is 2.50. The monoisotopic (exact) mass is 152 g/mol. The van der Waals surface area contributed by atoms with E-state index in [-0.39, 0.29) is 0 Å². The van der Waals surface area contributed by atoms with Gasteiger partial charge in [0.15, 0.2) is 0 Å². The fourth-order valence-corrected chi connectivity index (χ4v) is 1.34. The summed E-state index contributed by atoms with van der Waals surface area (Å²) in [7, 11) is 0. The molecule has 0 saturated heterocycles. The third-order valence-corrected chi connectivity index (χ3v) is 1.86. The van der Waals surface area contributed by atoms with Crippen molar-refractivity contribution in [2.24, 2.45) is 0 Å². The number of fused-ring (bicyclic) bond motifs is 1. The molecule has 2 nitrogen and oxygen atoms in total. The molecule has 2 heterocycles. The average molecular weight is 152 g/mol. The summed E-state index contributed by atoms with van der Waals surface area (Å²) in [6.45, 7) is 5.13. The highest BCUT2D eigenvalue weighted by Gasteiger charge is 2.06. The van der Waals surface area contributed by atoms with Crippen molar-refractivity contribution in [1.82, 2.24) is 9.78 Å². The lowest BCUT2D eigenvalue weighted by Crippen LogP contribution is -2.10. The fraction of sp³-hybridized carbons (Fsp3) is 0.667. The molecule has 0 fully saturated rings. The summed E-state index contributed by atoms with van der Waals surface area (Å²) in [5.74, 6) is 0. The quantitative estimate of drug-likeness (QED) is 0.557. The van der Waals surface area contributed by atoms with Gasteiger partial charge in [-0.2, -0.15) is 5.10 Å². The maximum absolute atomic E-state index is 4.17. The first kappa shape index (κ1) is 8.31. The minimum absolute atomic E-state index is 1.13. The van der Waals surface area contributed by atoms with Crippen LogP contribution in [0.2, 0.25) is 0 Å². The van der Waals surface area contributed by atoms with E-state index in [0.717, 1.165) is 6.54 Å². The maximum Gasteiger partial charge on any atom is 0.0492 e. The zero-order valence-corrected chi connectivity index (χ0v) is 7.38. The van der Waals surface area contributed by atoms with Crippen molar-refractivity contribution < 1.29 is 0 Å². The van der Waals surface area contributed by atoms with Crippen LogP contribution in [0.15, 0.2) is 12.3 Å². The van der Waals surface area contributed by atoms with Gasteiger partial charge in [0.1, 0.15) is 0 Å². The van der Waals surface area contributed by atoms with Crippen LogP contribution in [0.5, 0.6) is 0 Å². The molecule has 1 aliphatic rings. The van der Waals surface area contributed by atoms with Gasteiger partial charge in [-0.15, -0.1) is 0 Å². The Bertz CT molecular complexity index is 183. The Labute approximate surface area is 68.2 Å². The van der Waals surface area contributed by atoms with E-state index >= 15 is 0 Å². The topological polar surface area (TPSA) is 17.8 Å². The van der Waals surface area contributed by atoms with E-state index in [1.165, 1.54) is 25.0 Å². The molecular formula is C9H16N2. The Morgan fingerprint density at radius 2 is 2.18 bits per heavy atom. The summed E-state index contributed by atoms with van der Waals surface area (Å²) in [4.78, 5) is 0. The van der Waals surface area contributed by atoms with Gasteiger partial charge in [0, 0.05) is 18.4 Å². The molecule has 11 heavy (non-hydrogen) atoms. The van der Waals surface area contributed by atoms with E-state index in [0.29, 0.717) is 0 Å². The molecule has 0 aromatic carbocycles. The van der Waals surface area contributed by atoms with Gasteiger partial charge in [-0.3, -0.25) is 4.68 Å². The summed E-state index contributed by atoms with van der Waals surface area (Å²) in [6.07, 6.45) is 5.75. The highest BCUT2D eigenvalue weighted by molar-refractivity contribution is 5.01. The first-order chi connectivity index (χ1) is 5.47. The summed E-state index contributed by atoms with van der Waals surface area (Å²) in [5.41, 5.74) is 1.40. The van der Waals surface area contributed by atoms with Crippen LogP contribution < -0.4 is 0 Å². The largest absolute Gasteiger partial charge is 0.270 e. The van der Waals surface area contributed by atoms with Crippen LogP contribution in [0, 0.1) is 0 Å². The van der Waals surface area contributed by atoms with Crippen molar-refractivity contribution in [2.75, 3.05) is 0 Å². The molecule has 0 N–H and O–H groups in total. The molecule has 0 radical (unpaired) electrons. The summed E-state index contributed by atoms with van der Waals surface area (Å²) in [5, 5.41) is 4.17. The molecule has 1 aromatic heterocycles. The van der Waals surface area contributed by atoms with Crippen molar-refractivity contribution in [1.29, 1.82) is 0 Å². The Morgan fingerprint density at radius 1 is 1.36 bits per heavy atom. The molecule has 2 heteroatoms. The van der Waals surface area contributed by atoms with Gasteiger partial charge >= 0.3 is 0 Å². The third kappa shape index (κ3) is 1.82. The lowest BCUT2D eigenvalue weighted by atomic mass is 10.1. The molecule has 0 unspecified atom stereocenters. The van der Waals surface area contributed by atoms with E-state index in [1.807, 2.05) is 20.0 Å². The molecule has 0 amide bonds. The highest BCUT2D eigenvalue weighted by Crippen LogP contribution is 2.11.